The van der Waals surface area contributed by atoms with Crippen molar-refractivity contribution in [3.63, 3.8) is 0 Å². The highest BCUT2D eigenvalue weighted by Gasteiger charge is 2.11. The second kappa shape index (κ2) is 10.4. The first kappa shape index (κ1) is 17.7. The molecule has 0 aliphatic heterocycles. The molecule has 1 aromatic carbocycles. The molecule has 3 heteroatoms. The lowest BCUT2D eigenvalue weighted by molar-refractivity contribution is 0.0976. The molecule has 0 saturated carbocycles. The normalized spacial score (nSPS) is 12.8. The fraction of sp³-hybridized carbons (Fsp3) is 0.647. The summed E-state index contributed by atoms with van der Waals surface area (Å²) in [6, 6.07) is 8.51. The van der Waals surface area contributed by atoms with Crippen LogP contribution in [0.15, 0.2) is 28.7 Å². The lowest BCUT2D eigenvalue weighted by atomic mass is 9.96. The van der Waals surface area contributed by atoms with Crippen LogP contribution < -0.4 is 5.32 Å². The first-order valence-electron chi connectivity index (χ1n) is 7.65. The van der Waals surface area contributed by atoms with Crippen molar-refractivity contribution in [3.05, 3.63) is 34.3 Å². The van der Waals surface area contributed by atoms with E-state index in [0.717, 1.165) is 39.1 Å². The van der Waals surface area contributed by atoms with Crippen LogP contribution in [-0.4, -0.2) is 26.3 Å². The molecule has 2 nitrogen and oxygen atoms in total. The molecule has 0 amide bonds. The van der Waals surface area contributed by atoms with Gasteiger partial charge in [-0.2, -0.15) is 0 Å². The monoisotopic (exact) mass is 341 g/mol. The second-order valence-corrected chi connectivity index (χ2v) is 6.58. The van der Waals surface area contributed by atoms with E-state index in [9.17, 15) is 0 Å². The molecular formula is C17H28BrNO. The molecule has 0 aliphatic rings. The highest BCUT2D eigenvalue weighted by Crippen LogP contribution is 2.21. The molecule has 114 valence electrons. The smallest absolute Gasteiger partial charge is 0.0488 e. The number of nitrogens with one attached hydrogen (secondary N) is 1. The summed E-state index contributed by atoms with van der Waals surface area (Å²) in [5.41, 5.74) is 1.39. The fourth-order valence-corrected chi connectivity index (χ4v) is 2.62. The summed E-state index contributed by atoms with van der Waals surface area (Å²) in [5.74, 6) is 1.24. The standard InChI is InChI=1S/C17H28BrNO/c1-4-19-12-15(9-10-20-13-14(2)3)11-16-7-5-6-8-17(16)18/h5-8,14-15,19H,4,9-13H2,1-3H3. The molecule has 0 bridgehead atoms. The summed E-state index contributed by atoms with van der Waals surface area (Å²) in [7, 11) is 0. The number of hydrogen-bond donors (Lipinski definition) is 1. The van der Waals surface area contributed by atoms with Crippen LogP contribution in [0.3, 0.4) is 0 Å². The Morgan fingerprint density at radius 3 is 2.65 bits per heavy atom. The summed E-state index contributed by atoms with van der Waals surface area (Å²) in [6.07, 6.45) is 2.21. The lowest BCUT2D eigenvalue weighted by Crippen LogP contribution is -2.25. The molecule has 0 fully saturated rings. The molecular weight excluding hydrogens is 314 g/mol. The third kappa shape index (κ3) is 7.41. The Hall–Kier alpha value is -0.380. The van der Waals surface area contributed by atoms with Crippen LogP contribution in [0, 0.1) is 11.8 Å². The largest absolute Gasteiger partial charge is 0.381 e. The zero-order valence-electron chi connectivity index (χ0n) is 13.0. The quantitative estimate of drug-likeness (QED) is 0.641. The molecule has 0 aliphatic carbocycles. The van der Waals surface area contributed by atoms with Gasteiger partial charge in [-0.3, -0.25) is 0 Å². The average molecular weight is 342 g/mol. The number of halogens is 1. The van der Waals surface area contributed by atoms with Crippen molar-refractivity contribution in [2.45, 2.75) is 33.6 Å². The molecule has 20 heavy (non-hydrogen) atoms. The van der Waals surface area contributed by atoms with Gasteiger partial charge in [0, 0.05) is 17.7 Å². The van der Waals surface area contributed by atoms with Gasteiger partial charge in [-0.05, 0) is 49.4 Å². The summed E-state index contributed by atoms with van der Waals surface area (Å²) in [4.78, 5) is 0. The minimum absolute atomic E-state index is 0.616. The second-order valence-electron chi connectivity index (χ2n) is 5.73. The van der Waals surface area contributed by atoms with Crippen LogP contribution in [0.4, 0.5) is 0 Å². The molecule has 1 rings (SSSR count). The van der Waals surface area contributed by atoms with E-state index in [1.807, 2.05) is 0 Å². The maximum Gasteiger partial charge on any atom is 0.0488 e. The topological polar surface area (TPSA) is 21.3 Å². The predicted octanol–water partition coefficient (Wildman–Crippen LogP) is 4.28. The molecule has 0 aromatic heterocycles. The molecule has 1 N–H and O–H groups in total. The molecule has 0 spiro atoms. The third-order valence-electron chi connectivity index (χ3n) is 3.27. The van der Waals surface area contributed by atoms with Gasteiger partial charge in [-0.25, -0.2) is 0 Å². The van der Waals surface area contributed by atoms with Crippen molar-refractivity contribution in [3.8, 4) is 0 Å². The first-order valence-corrected chi connectivity index (χ1v) is 8.44. The summed E-state index contributed by atoms with van der Waals surface area (Å²) >= 11 is 3.64. The highest BCUT2D eigenvalue weighted by molar-refractivity contribution is 9.10. The van der Waals surface area contributed by atoms with E-state index in [1.165, 1.54) is 10.0 Å². The van der Waals surface area contributed by atoms with Crippen molar-refractivity contribution < 1.29 is 4.74 Å². The lowest BCUT2D eigenvalue weighted by Gasteiger charge is -2.18. The first-order chi connectivity index (χ1) is 9.63. The molecule has 0 saturated heterocycles. The van der Waals surface area contributed by atoms with Gasteiger partial charge in [-0.1, -0.05) is 54.9 Å². The minimum atomic E-state index is 0.616. The maximum absolute atomic E-state index is 5.73. The van der Waals surface area contributed by atoms with Gasteiger partial charge in [0.2, 0.25) is 0 Å². The Morgan fingerprint density at radius 2 is 2.00 bits per heavy atom. The van der Waals surface area contributed by atoms with Gasteiger partial charge in [0.25, 0.3) is 0 Å². The zero-order valence-corrected chi connectivity index (χ0v) is 14.6. The Kier molecular flexibility index (Phi) is 9.16. The highest BCUT2D eigenvalue weighted by atomic mass is 79.9. The van der Waals surface area contributed by atoms with Crippen LogP contribution in [0.25, 0.3) is 0 Å². The summed E-state index contributed by atoms with van der Waals surface area (Å²) < 4.78 is 6.95. The van der Waals surface area contributed by atoms with Crippen molar-refractivity contribution in [1.29, 1.82) is 0 Å². The number of benzene rings is 1. The van der Waals surface area contributed by atoms with Gasteiger partial charge in [0.1, 0.15) is 0 Å². The van der Waals surface area contributed by atoms with E-state index in [1.54, 1.807) is 0 Å². The van der Waals surface area contributed by atoms with Gasteiger partial charge in [0.15, 0.2) is 0 Å². The minimum Gasteiger partial charge on any atom is -0.381 e. The SMILES string of the molecule is CCNCC(CCOCC(C)C)Cc1ccccc1Br. The van der Waals surface area contributed by atoms with E-state index in [2.05, 4.69) is 66.3 Å². The van der Waals surface area contributed by atoms with Crippen molar-refractivity contribution >= 4 is 15.9 Å². The molecule has 0 radical (unpaired) electrons. The van der Waals surface area contributed by atoms with Crippen molar-refractivity contribution in [2.75, 3.05) is 26.3 Å². The van der Waals surface area contributed by atoms with Gasteiger partial charge < -0.3 is 10.1 Å². The van der Waals surface area contributed by atoms with Crippen LogP contribution in [0.2, 0.25) is 0 Å². The van der Waals surface area contributed by atoms with E-state index in [4.69, 9.17) is 4.74 Å². The summed E-state index contributed by atoms with van der Waals surface area (Å²) in [5, 5.41) is 3.47. The molecule has 1 aromatic rings. The van der Waals surface area contributed by atoms with E-state index in [-0.39, 0.29) is 0 Å². The van der Waals surface area contributed by atoms with Gasteiger partial charge in [-0.15, -0.1) is 0 Å². The fourth-order valence-electron chi connectivity index (χ4n) is 2.17. The average Bonchev–Trinajstić information content (AvgIpc) is 2.42. The maximum atomic E-state index is 5.73. The van der Waals surface area contributed by atoms with Gasteiger partial charge in [0.05, 0.1) is 0 Å². The Bertz CT molecular complexity index is 368. The summed E-state index contributed by atoms with van der Waals surface area (Å²) in [6.45, 7) is 10.4. The van der Waals surface area contributed by atoms with E-state index in [0.29, 0.717) is 11.8 Å². The third-order valence-corrected chi connectivity index (χ3v) is 4.04. The predicted molar refractivity (Wildman–Crippen MR) is 90.2 cm³/mol. The number of ether oxygens (including phenoxy) is 1. The Balaban J connectivity index is 2.45. The zero-order chi connectivity index (χ0) is 14.8. The van der Waals surface area contributed by atoms with Crippen LogP contribution in [-0.2, 0) is 11.2 Å². The van der Waals surface area contributed by atoms with Crippen molar-refractivity contribution in [2.24, 2.45) is 11.8 Å². The van der Waals surface area contributed by atoms with Crippen LogP contribution in [0.1, 0.15) is 32.8 Å². The van der Waals surface area contributed by atoms with Crippen LogP contribution >= 0.6 is 15.9 Å². The Labute approximate surface area is 132 Å². The van der Waals surface area contributed by atoms with Gasteiger partial charge >= 0.3 is 0 Å². The van der Waals surface area contributed by atoms with Crippen molar-refractivity contribution in [1.82, 2.24) is 5.32 Å². The Morgan fingerprint density at radius 1 is 1.25 bits per heavy atom. The number of rotatable bonds is 10. The van der Waals surface area contributed by atoms with Crippen LogP contribution in [0.5, 0.6) is 0 Å². The molecule has 1 unspecified atom stereocenters. The molecule has 0 heterocycles. The van der Waals surface area contributed by atoms with E-state index < -0.39 is 0 Å². The van der Waals surface area contributed by atoms with E-state index >= 15 is 0 Å². The number of hydrogen-bond acceptors (Lipinski definition) is 2. The molecule has 1 atom stereocenters.